The monoisotopic (exact) mass is 520 g/mol. The minimum absolute atomic E-state index is 0.156. The van der Waals surface area contributed by atoms with Gasteiger partial charge in [-0.3, -0.25) is 9.69 Å². The van der Waals surface area contributed by atoms with E-state index in [0.717, 1.165) is 69.5 Å². The first kappa shape index (κ1) is 26.1. The number of halogens is 2. The largest absolute Gasteiger partial charge is 0.496 e. The van der Waals surface area contributed by atoms with Crippen molar-refractivity contribution in [1.29, 1.82) is 0 Å². The molecule has 8 heteroatoms. The number of para-hydroxylation sites is 1. The normalized spacial score (nSPS) is 19.4. The molecule has 0 spiro atoms. The van der Waals surface area contributed by atoms with Gasteiger partial charge < -0.3 is 19.5 Å². The van der Waals surface area contributed by atoms with E-state index in [1.165, 1.54) is 0 Å². The van der Waals surface area contributed by atoms with Crippen molar-refractivity contribution in [1.82, 2.24) is 9.80 Å². The van der Waals surface area contributed by atoms with Crippen LogP contribution in [0.4, 0.5) is 0 Å². The van der Waals surface area contributed by atoms with Gasteiger partial charge >= 0.3 is 5.97 Å². The average Bonchev–Trinajstić information content (AvgIpc) is 2.87. The zero-order valence-corrected chi connectivity index (χ0v) is 21.9. The number of nitrogens with zero attached hydrogens (tertiary/aromatic N) is 2. The molecule has 35 heavy (non-hydrogen) atoms. The summed E-state index contributed by atoms with van der Waals surface area (Å²) in [5, 5.41) is 11.2. The predicted octanol–water partition coefficient (Wildman–Crippen LogP) is 5.69. The number of carboxylic acids is 1. The predicted molar refractivity (Wildman–Crippen MR) is 139 cm³/mol. The smallest absolute Gasteiger partial charge is 0.325 e. The van der Waals surface area contributed by atoms with Gasteiger partial charge in [-0.25, -0.2) is 0 Å². The molecule has 2 aromatic carbocycles. The lowest BCUT2D eigenvalue weighted by Crippen LogP contribution is -2.45. The van der Waals surface area contributed by atoms with Crippen LogP contribution in [0.5, 0.6) is 11.5 Å². The summed E-state index contributed by atoms with van der Waals surface area (Å²) >= 11 is 12.6. The van der Waals surface area contributed by atoms with Crippen molar-refractivity contribution in [2.75, 3.05) is 39.8 Å². The van der Waals surface area contributed by atoms with Crippen LogP contribution in [0, 0.1) is 12.8 Å². The molecule has 2 heterocycles. The van der Waals surface area contributed by atoms with Gasteiger partial charge in [0.25, 0.3) is 0 Å². The van der Waals surface area contributed by atoms with Gasteiger partial charge in [0.2, 0.25) is 0 Å². The standard InChI is InChI=1S/C27H34Cl2N2O4/c1-18-22(28)7-8-24(25(18)29)35-20-11-13-30(14-12-20)17-19-9-15-31(16-10-19)26(27(32)33)21-5-3-4-6-23(21)34-2/h3-8,19-20,26H,9-17H2,1-2H3,(H,32,33). The molecule has 0 aliphatic carbocycles. The molecular weight excluding hydrogens is 487 g/mol. The number of likely N-dealkylation sites (tertiary alicyclic amines) is 2. The lowest BCUT2D eigenvalue weighted by molar-refractivity contribution is -0.144. The Balaban J connectivity index is 1.26. The second kappa shape index (κ2) is 11.8. The number of rotatable bonds is 8. The van der Waals surface area contributed by atoms with Gasteiger partial charge in [-0.2, -0.15) is 0 Å². The third-order valence-electron chi connectivity index (χ3n) is 7.31. The highest BCUT2D eigenvalue weighted by Gasteiger charge is 2.33. The number of carbonyl (C=O) groups is 1. The van der Waals surface area contributed by atoms with Crippen LogP contribution in [-0.4, -0.2) is 66.8 Å². The first-order chi connectivity index (χ1) is 16.9. The van der Waals surface area contributed by atoms with Crippen LogP contribution in [-0.2, 0) is 4.79 Å². The van der Waals surface area contributed by atoms with Crippen LogP contribution in [0.2, 0.25) is 10.0 Å². The molecule has 0 aromatic heterocycles. The van der Waals surface area contributed by atoms with E-state index in [0.29, 0.717) is 27.5 Å². The topological polar surface area (TPSA) is 62.2 Å². The number of benzene rings is 2. The molecule has 0 saturated carbocycles. The summed E-state index contributed by atoms with van der Waals surface area (Å²) in [6.07, 6.45) is 4.07. The van der Waals surface area contributed by atoms with E-state index < -0.39 is 12.0 Å². The van der Waals surface area contributed by atoms with E-state index in [2.05, 4.69) is 9.80 Å². The van der Waals surface area contributed by atoms with E-state index in [-0.39, 0.29) is 6.10 Å². The third-order valence-corrected chi connectivity index (χ3v) is 8.19. The number of ether oxygens (including phenoxy) is 2. The molecule has 2 saturated heterocycles. The van der Waals surface area contributed by atoms with Gasteiger partial charge in [-0.05, 0) is 75.4 Å². The van der Waals surface area contributed by atoms with Crippen LogP contribution in [0.25, 0.3) is 0 Å². The molecule has 0 radical (unpaired) electrons. The maximum Gasteiger partial charge on any atom is 0.325 e. The zero-order chi connectivity index (χ0) is 24.9. The highest BCUT2D eigenvalue weighted by atomic mass is 35.5. The summed E-state index contributed by atoms with van der Waals surface area (Å²) in [6, 6.07) is 10.4. The summed E-state index contributed by atoms with van der Waals surface area (Å²) in [7, 11) is 1.59. The maximum absolute atomic E-state index is 12.2. The molecule has 0 amide bonds. The highest BCUT2D eigenvalue weighted by molar-refractivity contribution is 6.36. The summed E-state index contributed by atoms with van der Waals surface area (Å²) in [5.74, 6) is 1.08. The molecule has 1 atom stereocenters. The van der Waals surface area contributed by atoms with Gasteiger partial charge in [-0.1, -0.05) is 41.4 Å². The number of carboxylic acid groups (broad SMARTS) is 1. The Morgan fingerprint density at radius 2 is 1.71 bits per heavy atom. The Morgan fingerprint density at radius 3 is 2.37 bits per heavy atom. The van der Waals surface area contributed by atoms with E-state index in [4.69, 9.17) is 32.7 Å². The Bertz CT molecular complexity index is 1020. The van der Waals surface area contributed by atoms with Gasteiger partial charge in [0.1, 0.15) is 23.6 Å². The first-order valence-electron chi connectivity index (χ1n) is 12.3. The fraction of sp³-hybridized carbons (Fsp3) is 0.519. The van der Waals surface area contributed by atoms with Gasteiger partial charge in [0.05, 0.1) is 12.1 Å². The van der Waals surface area contributed by atoms with E-state index in [1.807, 2.05) is 43.3 Å². The molecule has 4 rings (SSSR count). The van der Waals surface area contributed by atoms with Crippen molar-refractivity contribution < 1.29 is 19.4 Å². The quantitative estimate of drug-likeness (QED) is 0.482. The van der Waals surface area contributed by atoms with Crippen LogP contribution in [0.3, 0.4) is 0 Å². The fourth-order valence-electron chi connectivity index (χ4n) is 5.25. The van der Waals surface area contributed by atoms with Crippen molar-refractivity contribution in [3.05, 3.63) is 57.6 Å². The van der Waals surface area contributed by atoms with Gasteiger partial charge in [0.15, 0.2) is 0 Å². The average molecular weight is 521 g/mol. The highest BCUT2D eigenvalue weighted by Crippen LogP contribution is 2.35. The van der Waals surface area contributed by atoms with Crippen molar-refractivity contribution in [2.24, 2.45) is 5.92 Å². The molecule has 2 fully saturated rings. The first-order valence-corrected chi connectivity index (χ1v) is 13.1. The number of piperidine rings is 2. The molecule has 1 unspecified atom stereocenters. The summed E-state index contributed by atoms with van der Waals surface area (Å²) < 4.78 is 11.6. The molecule has 2 aromatic rings. The van der Waals surface area contributed by atoms with Crippen LogP contribution >= 0.6 is 23.2 Å². The summed E-state index contributed by atoms with van der Waals surface area (Å²) in [4.78, 5) is 16.7. The van der Waals surface area contributed by atoms with Crippen LogP contribution in [0.15, 0.2) is 36.4 Å². The van der Waals surface area contributed by atoms with Crippen LogP contribution in [0.1, 0.15) is 42.9 Å². The molecule has 190 valence electrons. The van der Waals surface area contributed by atoms with Gasteiger partial charge in [0, 0.05) is 30.2 Å². The second-order valence-electron chi connectivity index (χ2n) is 9.56. The number of hydrogen-bond donors (Lipinski definition) is 1. The second-order valence-corrected chi connectivity index (χ2v) is 10.3. The fourth-order valence-corrected chi connectivity index (χ4v) is 5.67. The molecule has 0 bridgehead atoms. The minimum atomic E-state index is -0.828. The number of methoxy groups -OCH3 is 1. The van der Waals surface area contributed by atoms with Crippen LogP contribution < -0.4 is 9.47 Å². The Kier molecular flexibility index (Phi) is 8.82. The molecule has 1 N–H and O–H groups in total. The SMILES string of the molecule is COc1ccccc1C(C(=O)O)N1CCC(CN2CCC(Oc3ccc(Cl)c(C)c3Cl)CC2)CC1. The van der Waals surface area contributed by atoms with E-state index in [1.54, 1.807) is 7.11 Å². The summed E-state index contributed by atoms with van der Waals surface area (Å²) in [6.45, 7) is 6.48. The molecule has 6 nitrogen and oxygen atoms in total. The zero-order valence-electron chi connectivity index (χ0n) is 20.4. The maximum atomic E-state index is 12.2. The molecular formula is C27H34Cl2N2O4. The lowest BCUT2D eigenvalue weighted by atomic mass is 9.92. The minimum Gasteiger partial charge on any atom is -0.496 e. The lowest BCUT2D eigenvalue weighted by Gasteiger charge is -2.39. The number of hydrogen-bond acceptors (Lipinski definition) is 5. The van der Waals surface area contributed by atoms with E-state index in [9.17, 15) is 9.90 Å². The Morgan fingerprint density at radius 1 is 1.03 bits per heavy atom. The number of aliphatic carboxylic acids is 1. The Labute approximate surface area is 217 Å². The summed E-state index contributed by atoms with van der Waals surface area (Å²) in [5.41, 5.74) is 1.57. The van der Waals surface area contributed by atoms with E-state index >= 15 is 0 Å². The van der Waals surface area contributed by atoms with Crippen molar-refractivity contribution in [3.8, 4) is 11.5 Å². The van der Waals surface area contributed by atoms with Crippen molar-refractivity contribution in [3.63, 3.8) is 0 Å². The molecule has 2 aliphatic heterocycles. The van der Waals surface area contributed by atoms with Gasteiger partial charge in [-0.15, -0.1) is 0 Å². The third kappa shape index (κ3) is 6.23. The molecule has 2 aliphatic rings. The van der Waals surface area contributed by atoms with Crippen molar-refractivity contribution in [2.45, 2.75) is 44.8 Å². The Hall–Kier alpha value is -1.99. The van der Waals surface area contributed by atoms with Crippen molar-refractivity contribution >= 4 is 29.2 Å².